The van der Waals surface area contributed by atoms with Gasteiger partial charge in [0.15, 0.2) is 0 Å². The Morgan fingerprint density at radius 2 is 1.00 bits per heavy atom. The van der Waals surface area contributed by atoms with Crippen LogP contribution in [0.1, 0.15) is 0 Å². The van der Waals surface area contributed by atoms with Gasteiger partial charge in [0.2, 0.25) is 0 Å². The third-order valence-corrected chi connectivity index (χ3v) is 0. The molecule has 7 heavy (non-hydrogen) atoms. The van der Waals surface area contributed by atoms with Crippen molar-refractivity contribution in [3.63, 3.8) is 0 Å². The predicted octanol–water partition coefficient (Wildman–Crippen LogP) is -3.92. The van der Waals surface area contributed by atoms with E-state index in [1.165, 1.54) is 0 Å². The molecular weight excluding hydrogens is 275 g/mol. The van der Waals surface area contributed by atoms with Crippen LogP contribution in [0.3, 0.4) is 0 Å². The van der Waals surface area contributed by atoms with E-state index in [1.54, 1.807) is 0 Å². The fraction of sp³-hybridized carbons (Fsp3) is 0. The van der Waals surface area contributed by atoms with Crippen molar-refractivity contribution in [2.75, 3.05) is 0 Å². The molecule has 4 nitrogen and oxygen atoms in total. The summed E-state index contributed by atoms with van der Waals surface area (Å²) in [5, 5.41) is 0. The van der Waals surface area contributed by atoms with Crippen molar-refractivity contribution in [3.8, 4) is 0 Å². The van der Waals surface area contributed by atoms with Crippen molar-refractivity contribution >= 4 is 31.4 Å². The first-order valence-electron chi connectivity index (χ1n) is 0.943. The molecule has 0 heterocycles. The molecular formula is H2Ge2O4Zn. The van der Waals surface area contributed by atoms with Crippen LogP contribution < -0.4 is 8.27 Å². The summed E-state index contributed by atoms with van der Waals surface area (Å²) in [5.41, 5.74) is 0. The van der Waals surface area contributed by atoms with Crippen LogP contribution in [0.2, 0.25) is 0 Å². The van der Waals surface area contributed by atoms with Crippen molar-refractivity contribution in [1.82, 2.24) is 0 Å². The van der Waals surface area contributed by atoms with E-state index in [-0.39, 0.29) is 19.5 Å². The van der Waals surface area contributed by atoms with Gasteiger partial charge in [0.05, 0.1) is 0 Å². The summed E-state index contributed by atoms with van der Waals surface area (Å²) in [4.78, 5) is 0. The molecule has 0 aromatic heterocycles. The molecule has 0 saturated heterocycles. The van der Waals surface area contributed by atoms with E-state index in [2.05, 4.69) is 0 Å². The third-order valence-electron chi connectivity index (χ3n) is 0. The van der Waals surface area contributed by atoms with Gasteiger partial charge in [-0.1, -0.05) is 0 Å². The largest absolute Gasteiger partial charge is 2.00 e. The van der Waals surface area contributed by atoms with Crippen LogP contribution >= 0.6 is 0 Å². The molecule has 0 spiro atoms. The second kappa shape index (κ2) is 28.5. The number of hydrogen-bond donors (Lipinski definition) is 0. The molecule has 0 bridgehead atoms. The molecule has 0 aromatic carbocycles. The van der Waals surface area contributed by atoms with E-state index in [0.717, 1.165) is 0 Å². The third kappa shape index (κ3) is 201. The van der Waals surface area contributed by atoms with Gasteiger partial charge in [0.1, 0.15) is 0 Å². The molecule has 0 radical (unpaired) electrons. The predicted molar refractivity (Wildman–Crippen MR) is 15.7 cm³/mol. The summed E-state index contributed by atoms with van der Waals surface area (Å²) in [6.45, 7) is 0. The van der Waals surface area contributed by atoms with E-state index >= 15 is 0 Å². The molecule has 7 heteroatoms. The van der Waals surface area contributed by atoms with Crippen LogP contribution in [-0.2, 0) is 27.0 Å². The van der Waals surface area contributed by atoms with Gasteiger partial charge >= 0.3 is 66.7 Å². The smallest absolute Gasteiger partial charge is 2.00 e. The summed E-state index contributed by atoms with van der Waals surface area (Å²) in [5.74, 6) is 0. The topological polar surface area (TPSA) is 80.3 Å². The van der Waals surface area contributed by atoms with Crippen molar-refractivity contribution < 1.29 is 35.3 Å². The van der Waals surface area contributed by atoms with Gasteiger partial charge in [0.25, 0.3) is 0 Å². The van der Waals surface area contributed by atoms with Crippen LogP contribution in [0.25, 0.3) is 0 Å². The Morgan fingerprint density at radius 3 is 1.00 bits per heavy atom. The summed E-state index contributed by atoms with van der Waals surface area (Å²) < 4.78 is 34.1. The van der Waals surface area contributed by atoms with Gasteiger partial charge in [-0.3, -0.25) is 0 Å². The molecule has 36 valence electrons. The molecule has 0 atom stereocenters. The van der Waals surface area contributed by atoms with E-state index < -0.39 is 31.4 Å². The summed E-state index contributed by atoms with van der Waals surface area (Å²) in [6, 6.07) is 0. The molecule has 0 N–H and O–H groups in total. The Balaban J connectivity index is -0.0000000400. The molecule has 0 unspecified atom stereocenters. The number of hydrogen-bond acceptors (Lipinski definition) is 4. The Morgan fingerprint density at radius 1 is 1.00 bits per heavy atom. The van der Waals surface area contributed by atoms with Crippen LogP contribution in [0.15, 0.2) is 0 Å². The Bertz CT molecular complexity index is 30.7. The Hall–Kier alpha value is 0.909. The monoisotopic (exact) mass is 278 g/mol. The standard InChI is InChI=1S/2GeHO2.Zn/c2*2-1-3;/h2*1H;/q2*-1;+2. The van der Waals surface area contributed by atoms with Crippen LogP contribution in [0.4, 0.5) is 0 Å². The molecule has 0 aliphatic heterocycles. The zero-order valence-electron chi connectivity index (χ0n) is 3.49. The second-order valence-corrected chi connectivity index (χ2v) is 1.00. The van der Waals surface area contributed by atoms with Crippen molar-refractivity contribution in [3.05, 3.63) is 0 Å². The summed E-state index contributed by atoms with van der Waals surface area (Å²) in [6.07, 6.45) is 0. The van der Waals surface area contributed by atoms with E-state index in [4.69, 9.17) is 15.8 Å². The van der Waals surface area contributed by atoms with Gasteiger partial charge in [-0.25, -0.2) is 0 Å². The molecule has 0 saturated carbocycles. The average molecular weight is 277 g/mol. The van der Waals surface area contributed by atoms with Gasteiger partial charge in [0, 0.05) is 0 Å². The van der Waals surface area contributed by atoms with E-state index in [0.29, 0.717) is 0 Å². The summed E-state index contributed by atoms with van der Waals surface area (Å²) in [7, 11) is 0. The Kier molecular flexibility index (Phi) is 63.8. The van der Waals surface area contributed by atoms with Crippen molar-refractivity contribution in [1.29, 1.82) is 0 Å². The molecule has 0 fully saturated rings. The minimum Gasteiger partial charge on any atom is 2.00 e. The Labute approximate surface area is 66.5 Å². The molecule has 0 aliphatic rings. The first-order valence-corrected chi connectivity index (χ1v) is 4.90. The quantitative estimate of drug-likeness (QED) is 0.424. The summed E-state index contributed by atoms with van der Waals surface area (Å²) >= 11 is -4.38. The normalized spacial score (nSPS) is 3.43. The minimum atomic E-state index is -2.19. The maximum absolute atomic E-state index is 8.53. The van der Waals surface area contributed by atoms with Crippen molar-refractivity contribution in [2.45, 2.75) is 0 Å². The van der Waals surface area contributed by atoms with Gasteiger partial charge < -0.3 is 0 Å². The zero-order chi connectivity index (χ0) is 5.41. The minimum absolute atomic E-state index is 0. The molecule has 0 rings (SSSR count). The van der Waals surface area contributed by atoms with Gasteiger partial charge in [-0.15, -0.1) is 0 Å². The SMILES string of the molecule is [O]=[GeH][O-].[O]=[GeH][O-].[Zn+2]. The number of rotatable bonds is 0. The fourth-order valence-corrected chi connectivity index (χ4v) is 0. The molecule has 0 amide bonds. The van der Waals surface area contributed by atoms with E-state index in [1.807, 2.05) is 0 Å². The zero-order valence-corrected chi connectivity index (χ0v) is 11.3. The maximum Gasteiger partial charge on any atom is 2.00 e. The van der Waals surface area contributed by atoms with E-state index in [9.17, 15) is 0 Å². The second-order valence-electron chi connectivity index (χ2n) is 0.192. The molecule has 0 aromatic rings. The van der Waals surface area contributed by atoms with Crippen LogP contribution in [0.5, 0.6) is 0 Å². The maximum atomic E-state index is 8.53. The van der Waals surface area contributed by atoms with Crippen LogP contribution in [0, 0.1) is 0 Å². The average Bonchev–Trinajstić information content (AvgIpc) is 1.39. The van der Waals surface area contributed by atoms with Gasteiger partial charge in [-0.05, 0) is 0 Å². The van der Waals surface area contributed by atoms with Crippen LogP contribution in [-0.4, -0.2) is 31.4 Å². The van der Waals surface area contributed by atoms with Crippen molar-refractivity contribution in [2.24, 2.45) is 0 Å². The first-order chi connectivity index (χ1) is 2.83. The van der Waals surface area contributed by atoms with Gasteiger partial charge in [-0.2, -0.15) is 0 Å². The fourth-order valence-electron chi connectivity index (χ4n) is 0. The first kappa shape index (κ1) is 15.7. The molecule has 0 aliphatic carbocycles.